The second-order valence-corrected chi connectivity index (χ2v) is 9.03. The van der Waals surface area contributed by atoms with E-state index < -0.39 is 29.7 Å². The average Bonchev–Trinajstić information content (AvgIpc) is 3.06. The quantitative estimate of drug-likeness (QED) is 0.484. The van der Waals surface area contributed by atoms with Gasteiger partial charge in [0.2, 0.25) is 0 Å². The second-order valence-electron chi connectivity index (χ2n) is 9.03. The summed E-state index contributed by atoms with van der Waals surface area (Å²) in [6, 6.07) is 11.5. The predicted octanol–water partition coefficient (Wildman–Crippen LogP) is 2.97. The number of nitrogens with one attached hydrogen (secondary N) is 2. The summed E-state index contributed by atoms with van der Waals surface area (Å²) in [5, 5.41) is 15.4. The number of alkyl carbamates (subject to hydrolysis) is 1. The van der Waals surface area contributed by atoms with Crippen molar-refractivity contribution < 1.29 is 28.6 Å². The molecule has 0 aromatic heterocycles. The fourth-order valence-corrected chi connectivity index (χ4v) is 3.79. The van der Waals surface area contributed by atoms with E-state index in [2.05, 4.69) is 16.7 Å². The summed E-state index contributed by atoms with van der Waals surface area (Å²) in [6.07, 6.45) is -0.393. The van der Waals surface area contributed by atoms with E-state index in [1.165, 1.54) is 12.0 Å². The molecule has 10 heteroatoms. The number of nitriles is 1. The van der Waals surface area contributed by atoms with Gasteiger partial charge < -0.3 is 29.7 Å². The largest absolute Gasteiger partial charge is 0.447 e. The van der Waals surface area contributed by atoms with Gasteiger partial charge in [0.25, 0.3) is 5.91 Å². The summed E-state index contributed by atoms with van der Waals surface area (Å²) in [5.74, 6) is -0.503. The van der Waals surface area contributed by atoms with Crippen LogP contribution in [0.1, 0.15) is 45.1 Å². The maximum atomic E-state index is 13.2. The number of nitrogens with zero attached hydrogens (tertiary/aromatic N) is 2. The Bertz CT molecular complexity index is 872. The molecule has 0 spiro atoms. The summed E-state index contributed by atoms with van der Waals surface area (Å²) in [6.45, 7) is 4.84. The van der Waals surface area contributed by atoms with E-state index in [0.29, 0.717) is 25.8 Å². The van der Waals surface area contributed by atoms with Gasteiger partial charge in [0, 0.05) is 20.2 Å². The van der Waals surface area contributed by atoms with Gasteiger partial charge in [-0.1, -0.05) is 44.2 Å². The van der Waals surface area contributed by atoms with Crippen molar-refractivity contribution in [1.29, 1.82) is 5.26 Å². The van der Waals surface area contributed by atoms with Crippen LogP contribution in [0.2, 0.25) is 0 Å². The number of likely N-dealkylation sites (tertiary alicyclic amines) is 1. The van der Waals surface area contributed by atoms with Crippen LogP contribution in [-0.4, -0.2) is 68.0 Å². The zero-order chi connectivity index (χ0) is 25.7. The fourth-order valence-electron chi connectivity index (χ4n) is 3.79. The molecule has 2 unspecified atom stereocenters. The highest BCUT2D eigenvalue weighted by atomic mass is 16.6. The van der Waals surface area contributed by atoms with E-state index in [1.54, 1.807) is 0 Å². The third-order valence-electron chi connectivity index (χ3n) is 5.60. The first-order chi connectivity index (χ1) is 16.8. The highest BCUT2D eigenvalue weighted by Gasteiger charge is 2.40. The minimum Gasteiger partial charge on any atom is -0.447 e. The Hall–Kier alpha value is -3.32. The Morgan fingerprint density at radius 3 is 2.57 bits per heavy atom. The van der Waals surface area contributed by atoms with Crippen LogP contribution in [-0.2, 0) is 25.5 Å². The van der Waals surface area contributed by atoms with E-state index in [0.717, 1.165) is 5.56 Å². The molecule has 0 bridgehead atoms. The highest BCUT2D eigenvalue weighted by molar-refractivity contribution is 5.84. The van der Waals surface area contributed by atoms with Crippen LogP contribution in [0.4, 0.5) is 9.59 Å². The van der Waals surface area contributed by atoms with Gasteiger partial charge in [-0.25, -0.2) is 9.59 Å². The zero-order valence-electron chi connectivity index (χ0n) is 20.7. The number of rotatable bonds is 10. The number of carbonyl (C=O) groups excluding carboxylic acids is 3. The van der Waals surface area contributed by atoms with Gasteiger partial charge in [0.15, 0.2) is 6.10 Å². The zero-order valence-corrected chi connectivity index (χ0v) is 20.7. The molecule has 1 fully saturated rings. The van der Waals surface area contributed by atoms with Crippen molar-refractivity contribution in [3.05, 3.63) is 35.9 Å². The van der Waals surface area contributed by atoms with Crippen molar-refractivity contribution in [3.63, 3.8) is 0 Å². The maximum absolute atomic E-state index is 13.2. The molecule has 1 heterocycles. The van der Waals surface area contributed by atoms with Crippen LogP contribution in [0.5, 0.6) is 0 Å². The van der Waals surface area contributed by atoms with E-state index >= 15 is 0 Å². The summed E-state index contributed by atoms with van der Waals surface area (Å²) < 4.78 is 15.6. The normalized spacial score (nSPS) is 18.7. The fraction of sp³-hybridized carbons (Fsp3) is 0.600. The van der Waals surface area contributed by atoms with Gasteiger partial charge >= 0.3 is 12.2 Å². The molecule has 1 aromatic carbocycles. The topological polar surface area (TPSA) is 130 Å². The van der Waals surface area contributed by atoms with Crippen molar-refractivity contribution in [2.45, 2.75) is 57.7 Å². The van der Waals surface area contributed by atoms with Crippen molar-refractivity contribution in [2.24, 2.45) is 5.92 Å². The van der Waals surface area contributed by atoms with Crippen molar-refractivity contribution in [3.8, 4) is 6.07 Å². The highest BCUT2D eigenvalue weighted by Crippen LogP contribution is 2.22. The van der Waals surface area contributed by atoms with E-state index in [1.807, 2.05) is 44.2 Å². The first-order valence-corrected chi connectivity index (χ1v) is 11.9. The first kappa shape index (κ1) is 27.9. The number of methoxy groups -OCH3 is 1. The first-order valence-electron chi connectivity index (χ1n) is 11.9. The molecule has 3 amide bonds. The minimum atomic E-state index is -1.31. The molecule has 1 aliphatic rings. The maximum Gasteiger partial charge on any atom is 0.409 e. The summed E-state index contributed by atoms with van der Waals surface area (Å²) >= 11 is 0. The number of carbonyl (C=O) groups is 3. The lowest BCUT2D eigenvalue weighted by Crippen LogP contribution is -2.57. The van der Waals surface area contributed by atoms with Gasteiger partial charge in [0.05, 0.1) is 19.2 Å². The van der Waals surface area contributed by atoms with Gasteiger partial charge in [-0.2, -0.15) is 5.26 Å². The molecule has 2 atom stereocenters. The molecular weight excluding hydrogens is 452 g/mol. The standard InChI is InChI=1S/C25H36N4O6/c1-19(2)15-21(35-23(31)27-16-20-9-5-4-6-10-20)22(30)28-25(17-26)11-7-8-12-29(18-25)24(32)34-14-13-33-3/h4-6,9-10,19,21H,7-8,11-16,18H2,1-3H3,(H,27,31)(H,28,30). The molecule has 0 aliphatic carbocycles. The Kier molecular flexibility index (Phi) is 11.3. The molecule has 192 valence electrons. The second kappa shape index (κ2) is 14.2. The third kappa shape index (κ3) is 9.45. The van der Waals surface area contributed by atoms with E-state index in [-0.39, 0.29) is 38.6 Å². The van der Waals surface area contributed by atoms with Crippen molar-refractivity contribution in [2.75, 3.05) is 33.4 Å². The molecular formula is C25H36N4O6. The smallest absolute Gasteiger partial charge is 0.409 e. The minimum absolute atomic E-state index is 0.0182. The molecule has 1 saturated heterocycles. The Morgan fingerprint density at radius 1 is 1.17 bits per heavy atom. The molecule has 10 nitrogen and oxygen atoms in total. The molecule has 0 radical (unpaired) electrons. The van der Waals surface area contributed by atoms with Crippen LogP contribution < -0.4 is 10.6 Å². The molecule has 2 N–H and O–H groups in total. The Labute approximate surface area is 206 Å². The molecule has 0 saturated carbocycles. The lowest BCUT2D eigenvalue weighted by atomic mass is 9.94. The van der Waals surface area contributed by atoms with Gasteiger partial charge in [-0.15, -0.1) is 0 Å². The predicted molar refractivity (Wildman–Crippen MR) is 128 cm³/mol. The Balaban J connectivity index is 2.05. The van der Waals surface area contributed by atoms with Crippen LogP contribution in [0.25, 0.3) is 0 Å². The molecule has 2 rings (SSSR count). The van der Waals surface area contributed by atoms with E-state index in [4.69, 9.17) is 14.2 Å². The van der Waals surface area contributed by atoms with Crippen LogP contribution in [0.3, 0.4) is 0 Å². The number of hydrogen-bond acceptors (Lipinski definition) is 7. The average molecular weight is 489 g/mol. The SMILES string of the molecule is COCCOC(=O)N1CCCCC(C#N)(NC(=O)C(CC(C)C)OC(=O)NCc2ccccc2)C1. The molecule has 35 heavy (non-hydrogen) atoms. The van der Waals surface area contributed by atoms with Crippen LogP contribution in [0.15, 0.2) is 30.3 Å². The van der Waals surface area contributed by atoms with Crippen molar-refractivity contribution in [1.82, 2.24) is 15.5 Å². The third-order valence-corrected chi connectivity index (χ3v) is 5.60. The van der Waals surface area contributed by atoms with Crippen LogP contribution in [0, 0.1) is 17.2 Å². The number of hydrogen-bond donors (Lipinski definition) is 2. The number of ether oxygens (including phenoxy) is 3. The van der Waals surface area contributed by atoms with Gasteiger partial charge in [-0.05, 0) is 37.2 Å². The summed E-state index contributed by atoms with van der Waals surface area (Å²) in [7, 11) is 1.51. The Morgan fingerprint density at radius 2 is 1.91 bits per heavy atom. The monoisotopic (exact) mass is 488 g/mol. The lowest BCUT2D eigenvalue weighted by Gasteiger charge is -2.32. The van der Waals surface area contributed by atoms with Gasteiger partial charge in [-0.3, -0.25) is 4.79 Å². The van der Waals surface area contributed by atoms with Crippen LogP contribution >= 0.6 is 0 Å². The van der Waals surface area contributed by atoms with Gasteiger partial charge in [0.1, 0.15) is 12.1 Å². The number of benzene rings is 1. The van der Waals surface area contributed by atoms with E-state index in [9.17, 15) is 19.6 Å². The number of amides is 3. The van der Waals surface area contributed by atoms with Crippen molar-refractivity contribution >= 4 is 18.1 Å². The lowest BCUT2D eigenvalue weighted by molar-refractivity contribution is -0.132. The summed E-state index contributed by atoms with van der Waals surface area (Å²) in [5.41, 5.74) is -0.416. The summed E-state index contributed by atoms with van der Waals surface area (Å²) in [4.78, 5) is 39.5. The molecule has 1 aliphatic heterocycles. The molecule has 1 aromatic rings.